The van der Waals surface area contributed by atoms with E-state index in [-0.39, 0.29) is 0 Å². The molecule has 0 aromatic carbocycles. The van der Waals surface area contributed by atoms with Gasteiger partial charge in [0, 0.05) is 12.4 Å². The van der Waals surface area contributed by atoms with E-state index in [1.165, 1.54) is 6.33 Å². The normalized spacial score (nSPS) is 10.2. The van der Waals surface area contributed by atoms with Gasteiger partial charge in [0.1, 0.15) is 10.8 Å². The second-order valence-corrected chi connectivity index (χ2v) is 3.13. The highest BCUT2D eigenvalue weighted by molar-refractivity contribution is 9.10. The summed E-state index contributed by atoms with van der Waals surface area (Å²) >= 11 is 3.25. The highest BCUT2D eigenvalue weighted by Gasteiger charge is 2.12. The molecule has 0 aliphatic rings. The maximum Gasteiger partial charge on any atom is 0.186 e. The van der Waals surface area contributed by atoms with Gasteiger partial charge in [-0.3, -0.25) is 0 Å². The van der Waals surface area contributed by atoms with Crippen molar-refractivity contribution < 1.29 is 4.52 Å². The smallest absolute Gasteiger partial charge is 0.186 e. The van der Waals surface area contributed by atoms with Crippen LogP contribution in [0.1, 0.15) is 0 Å². The topological polar surface area (TPSA) is 77.8 Å². The van der Waals surface area contributed by atoms with E-state index in [4.69, 9.17) is 10.3 Å². The van der Waals surface area contributed by atoms with Crippen molar-refractivity contribution in [1.29, 1.82) is 0 Å². The molecule has 2 rings (SSSR count). The molecule has 2 heterocycles. The van der Waals surface area contributed by atoms with E-state index < -0.39 is 0 Å². The average molecular weight is 241 g/mol. The number of halogens is 1. The third-order valence-electron chi connectivity index (χ3n) is 1.48. The van der Waals surface area contributed by atoms with Crippen molar-refractivity contribution in [3.63, 3.8) is 0 Å². The fraction of sp³-hybridized carbons (Fsp3) is 0. The predicted molar refractivity (Wildman–Crippen MR) is 49.6 cm³/mol. The van der Waals surface area contributed by atoms with Crippen LogP contribution in [0.15, 0.2) is 27.7 Å². The highest BCUT2D eigenvalue weighted by Crippen LogP contribution is 2.31. The molecule has 0 saturated heterocycles. The van der Waals surface area contributed by atoms with Gasteiger partial charge < -0.3 is 10.3 Å². The zero-order valence-corrected chi connectivity index (χ0v) is 8.02. The molecule has 0 bridgehead atoms. The molecule has 0 aliphatic carbocycles. The van der Waals surface area contributed by atoms with Crippen LogP contribution in [0.2, 0.25) is 0 Å². The van der Waals surface area contributed by atoms with Gasteiger partial charge in [0.25, 0.3) is 0 Å². The molecule has 13 heavy (non-hydrogen) atoms. The van der Waals surface area contributed by atoms with E-state index in [1.54, 1.807) is 12.4 Å². The van der Waals surface area contributed by atoms with E-state index in [1.807, 2.05) is 0 Å². The lowest BCUT2D eigenvalue weighted by Gasteiger charge is -1.92. The van der Waals surface area contributed by atoms with Crippen LogP contribution >= 0.6 is 15.9 Å². The summed E-state index contributed by atoms with van der Waals surface area (Å²) in [6.45, 7) is 0. The maximum atomic E-state index is 5.49. The van der Waals surface area contributed by atoms with Gasteiger partial charge in [-0.15, -0.1) is 0 Å². The van der Waals surface area contributed by atoms with Crippen LogP contribution < -0.4 is 5.73 Å². The average Bonchev–Trinajstić information content (AvgIpc) is 2.49. The van der Waals surface area contributed by atoms with Crippen LogP contribution in [0.5, 0.6) is 0 Å². The summed E-state index contributed by atoms with van der Waals surface area (Å²) in [5, 5.41) is 3.59. The molecule has 0 fully saturated rings. The molecular formula is C7H5BrN4O. The molecule has 6 heteroatoms. The molecule has 0 aliphatic heterocycles. The first-order chi connectivity index (χ1) is 6.29. The fourth-order valence-corrected chi connectivity index (χ4v) is 1.26. The van der Waals surface area contributed by atoms with E-state index >= 15 is 0 Å². The summed E-state index contributed by atoms with van der Waals surface area (Å²) in [5.41, 5.74) is 6.22. The lowest BCUT2D eigenvalue weighted by molar-refractivity contribution is 0.435. The number of nitrogens with zero attached hydrogens (tertiary/aromatic N) is 3. The lowest BCUT2D eigenvalue weighted by atomic mass is 10.3. The third kappa shape index (κ3) is 1.40. The number of aromatic nitrogens is 3. The maximum absolute atomic E-state index is 5.49. The zero-order valence-electron chi connectivity index (χ0n) is 6.44. The Morgan fingerprint density at radius 2 is 2.00 bits per heavy atom. The predicted octanol–water partition coefficient (Wildman–Crippen LogP) is 1.48. The minimum atomic E-state index is 0.318. The second kappa shape index (κ2) is 3.14. The Bertz CT molecular complexity index is 414. The van der Waals surface area contributed by atoms with E-state index in [9.17, 15) is 0 Å². The quantitative estimate of drug-likeness (QED) is 0.817. The van der Waals surface area contributed by atoms with Crippen LogP contribution in [-0.4, -0.2) is 15.1 Å². The molecule has 2 aromatic rings. The highest BCUT2D eigenvalue weighted by atomic mass is 79.9. The van der Waals surface area contributed by atoms with Gasteiger partial charge in [-0.2, -0.15) is 0 Å². The van der Waals surface area contributed by atoms with E-state index in [0.29, 0.717) is 16.1 Å². The molecule has 0 radical (unpaired) electrons. The van der Waals surface area contributed by atoms with E-state index in [2.05, 4.69) is 31.1 Å². The van der Waals surface area contributed by atoms with E-state index in [0.717, 1.165) is 5.56 Å². The van der Waals surface area contributed by atoms with Gasteiger partial charge >= 0.3 is 0 Å². The molecule has 0 saturated carbocycles. The number of anilines is 1. The Morgan fingerprint density at radius 1 is 1.31 bits per heavy atom. The van der Waals surface area contributed by atoms with Gasteiger partial charge in [-0.1, -0.05) is 5.16 Å². The molecule has 66 valence electrons. The second-order valence-electron chi connectivity index (χ2n) is 2.34. The van der Waals surface area contributed by atoms with Gasteiger partial charge in [0.15, 0.2) is 11.6 Å². The molecule has 0 unspecified atom stereocenters. The summed E-state index contributed by atoms with van der Waals surface area (Å²) in [6.07, 6.45) is 4.69. The van der Waals surface area contributed by atoms with Crippen molar-refractivity contribution in [2.24, 2.45) is 0 Å². The summed E-state index contributed by atoms with van der Waals surface area (Å²) in [7, 11) is 0. The lowest BCUT2D eigenvalue weighted by Crippen LogP contribution is -1.84. The largest absolute Gasteiger partial charge is 0.380 e. The monoisotopic (exact) mass is 240 g/mol. The SMILES string of the molecule is Nc1noc(-c2cncnc2)c1Br. The van der Waals surface area contributed by atoms with Crippen molar-refractivity contribution in [1.82, 2.24) is 15.1 Å². The molecule has 2 aromatic heterocycles. The first-order valence-electron chi connectivity index (χ1n) is 3.45. The number of hydrogen-bond donors (Lipinski definition) is 1. The van der Waals surface area contributed by atoms with Crippen LogP contribution in [-0.2, 0) is 0 Å². The third-order valence-corrected chi connectivity index (χ3v) is 2.25. The number of hydrogen-bond acceptors (Lipinski definition) is 5. The number of rotatable bonds is 1. The fourth-order valence-electron chi connectivity index (χ4n) is 0.887. The molecule has 0 spiro atoms. The zero-order chi connectivity index (χ0) is 9.26. The van der Waals surface area contributed by atoms with Crippen LogP contribution in [0.4, 0.5) is 5.82 Å². The minimum absolute atomic E-state index is 0.318. The Hall–Kier alpha value is -1.43. The van der Waals surface area contributed by atoms with Crippen LogP contribution in [0, 0.1) is 0 Å². The first-order valence-corrected chi connectivity index (χ1v) is 4.24. The van der Waals surface area contributed by atoms with Crippen molar-refractivity contribution in [2.75, 3.05) is 5.73 Å². The van der Waals surface area contributed by atoms with Gasteiger partial charge in [0.05, 0.1) is 5.56 Å². The Morgan fingerprint density at radius 3 is 2.54 bits per heavy atom. The van der Waals surface area contributed by atoms with Gasteiger partial charge in [-0.25, -0.2) is 9.97 Å². The van der Waals surface area contributed by atoms with Gasteiger partial charge in [0.2, 0.25) is 0 Å². The molecule has 2 N–H and O–H groups in total. The standard InChI is InChI=1S/C7H5BrN4O/c8-5-6(13-12-7(5)9)4-1-10-3-11-2-4/h1-3H,(H2,9,12). The summed E-state index contributed by atoms with van der Waals surface area (Å²) in [5.74, 6) is 0.858. The Kier molecular flexibility index (Phi) is 1.97. The summed E-state index contributed by atoms with van der Waals surface area (Å²) in [6, 6.07) is 0. The summed E-state index contributed by atoms with van der Waals surface area (Å²) < 4.78 is 5.61. The Balaban J connectivity index is 2.53. The Labute approximate surface area is 82.1 Å². The summed E-state index contributed by atoms with van der Waals surface area (Å²) in [4.78, 5) is 7.70. The van der Waals surface area contributed by atoms with Gasteiger partial charge in [-0.05, 0) is 15.9 Å². The first kappa shape index (κ1) is 8.18. The van der Waals surface area contributed by atoms with Crippen LogP contribution in [0.25, 0.3) is 11.3 Å². The van der Waals surface area contributed by atoms with Crippen molar-refractivity contribution in [3.8, 4) is 11.3 Å². The molecule has 5 nitrogen and oxygen atoms in total. The molecule has 0 atom stereocenters. The molecule has 0 amide bonds. The van der Waals surface area contributed by atoms with Crippen molar-refractivity contribution >= 4 is 21.7 Å². The minimum Gasteiger partial charge on any atom is -0.380 e. The number of nitrogens with two attached hydrogens (primary N) is 1. The molecular weight excluding hydrogens is 236 g/mol. The van der Waals surface area contributed by atoms with Crippen LogP contribution in [0.3, 0.4) is 0 Å². The number of nitrogen functional groups attached to an aromatic ring is 1. The van der Waals surface area contributed by atoms with Crippen molar-refractivity contribution in [3.05, 3.63) is 23.2 Å². The van der Waals surface area contributed by atoms with Crippen molar-refractivity contribution in [2.45, 2.75) is 0 Å².